The van der Waals surface area contributed by atoms with Gasteiger partial charge in [0.05, 0.1) is 6.54 Å². The van der Waals surface area contributed by atoms with Crippen molar-refractivity contribution in [2.75, 3.05) is 19.6 Å². The third-order valence-corrected chi connectivity index (χ3v) is 5.17. The molecule has 4 heteroatoms. The van der Waals surface area contributed by atoms with Crippen LogP contribution in [-0.2, 0) is 5.41 Å². The summed E-state index contributed by atoms with van der Waals surface area (Å²) in [6.07, 6.45) is 4.96. The van der Waals surface area contributed by atoms with Gasteiger partial charge in [0.2, 0.25) is 0 Å². The molecule has 0 spiro atoms. The molecule has 3 rings (SSSR count). The largest absolute Gasteiger partial charge is 0.370 e. The number of nitrogens with two attached hydrogens (primary N) is 1. The summed E-state index contributed by atoms with van der Waals surface area (Å²) in [5.41, 5.74) is 7.64. The number of rotatable bonds is 3. The molecule has 102 valence electrons. The first-order chi connectivity index (χ1) is 9.21. The smallest absolute Gasteiger partial charge is 0.191 e. The van der Waals surface area contributed by atoms with Crippen LogP contribution in [0, 0.1) is 0 Å². The van der Waals surface area contributed by atoms with E-state index in [1.807, 2.05) is 0 Å². The van der Waals surface area contributed by atoms with Crippen molar-refractivity contribution < 1.29 is 0 Å². The van der Waals surface area contributed by atoms with Gasteiger partial charge in [-0.15, -0.1) is 0 Å². The highest BCUT2D eigenvalue weighted by molar-refractivity contribution is 9.10. The maximum Gasteiger partial charge on any atom is 0.191 e. The second-order valence-corrected chi connectivity index (χ2v) is 6.48. The van der Waals surface area contributed by atoms with Crippen molar-refractivity contribution in [3.05, 3.63) is 34.3 Å². The van der Waals surface area contributed by atoms with Gasteiger partial charge in [0.15, 0.2) is 5.96 Å². The van der Waals surface area contributed by atoms with Gasteiger partial charge in [0, 0.05) is 23.0 Å². The normalized spacial score (nSPS) is 21.7. The molecule has 19 heavy (non-hydrogen) atoms. The van der Waals surface area contributed by atoms with Gasteiger partial charge in [-0.3, -0.25) is 4.99 Å². The van der Waals surface area contributed by atoms with Crippen LogP contribution < -0.4 is 5.73 Å². The summed E-state index contributed by atoms with van der Waals surface area (Å²) in [5, 5.41) is 0. The van der Waals surface area contributed by atoms with Crippen LogP contribution in [0.3, 0.4) is 0 Å². The fraction of sp³-hybridized carbons (Fsp3) is 0.533. The Balaban J connectivity index is 1.78. The molecule has 1 heterocycles. The van der Waals surface area contributed by atoms with Gasteiger partial charge >= 0.3 is 0 Å². The summed E-state index contributed by atoms with van der Waals surface area (Å²) in [7, 11) is 0. The number of aliphatic imine (C=N–C) groups is 1. The topological polar surface area (TPSA) is 41.6 Å². The number of halogens is 1. The first-order valence-electron chi connectivity index (χ1n) is 7.01. The molecule has 0 bridgehead atoms. The van der Waals surface area contributed by atoms with E-state index in [1.165, 1.54) is 35.7 Å². The van der Waals surface area contributed by atoms with E-state index in [0.717, 1.165) is 25.6 Å². The molecule has 2 aliphatic rings. The van der Waals surface area contributed by atoms with Crippen molar-refractivity contribution in [1.29, 1.82) is 0 Å². The van der Waals surface area contributed by atoms with E-state index in [4.69, 9.17) is 5.73 Å². The monoisotopic (exact) mass is 321 g/mol. The highest BCUT2D eigenvalue weighted by Crippen LogP contribution is 2.46. The highest BCUT2D eigenvalue weighted by Gasteiger charge is 2.39. The van der Waals surface area contributed by atoms with Gasteiger partial charge < -0.3 is 10.6 Å². The minimum Gasteiger partial charge on any atom is -0.370 e. The van der Waals surface area contributed by atoms with Gasteiger partial charge in [-0.25, -0.2) is 0 Å². The SMILES string of the molecule is NC(=NCC1(c2ccccc2Br)CCC1)N1CCC1. The number of hydrogen-bond donors (Lipinski definition) is 1. The standard InChI is InChI=1S/C15H20BrN3/c16-13-6-2-1-5-12(13)15(7-3-8-15)11-18-14(17)19-9-4-10-19/h1-2,5-6H,3-4,7-11H2,(H2,17,18). The Morgan fingerprint density at radius 2 is 2.00 bits per heavy atom. The van der Waals surface area contributed by atoms with Gasteiger partial charge in [-0.2, -0.15) is 0 Å². The molecular weight excluding hydrogens is 302 g/mol. The van der Waals surface area contributed by atoms with Crippen molar-refractivity contribution in [1.82, 2.24) is 4.90 Å². The summed E-state index contributed by atoms with van der Waals surface area (Å²) in [6, 6.07) is 8.52. The average molecular weight is 322 g/mol. The molecule has 1 aromatic rings. The number of likely N-dealkylation sites (tertiary alicyclic amines) is 1. The molecule has 1 aliphatic heterocycles. The van der Waals surface area contributed by atoms with Crippen LogP contribution in [0.15, 0.2) is 33.7 Å². The second-order valence-electron chi connectivity index (χ2n) is 5.63. The molecule has 1 saturated carbocycles. The molecule has 2 fully saturated rings. The fourth-order valence-electron chi connectivity index (χ4n) is 2.89. The van der Waals surface area contributed by atoms with Crippen LogP contribution >= 0.6 is 15.9 Å². The van der Waals surface area contributed by atoms with E-state index < -0.39 is 0 Å². The third-order valence-electron chi connectivity index (χ3n) is 4.48. The molecule has 2 N–H and O–H groups in total. The van der Waals surface area contributed by atoms with Gasteiger partial charge in [0.1, 0.15) is 0 Å². The molecular formula is C15H20BrN3. The Kier molecular flexibility index (Phi) is 3.52. The molecule has 3 nitrogen and oxygen atoms in total. The second kappa shape index (κ2) is 5.16. The Labute approximate surface area is 123 Å². The zero-order valence-electron chi connectivity index (χ0n) is 11.1. The predicted octanol–water partition coefficient (Wildman–Crippen LogP) is 2.89. The maximum atomic E-state index is 6.05. The van der Waals surface area contributed by atoms with E-state index >= 15 is 0 Å². The van der Waals surface area contributed by atoms with E-state index in [9.17, 15) is 0 Å². The number of nitrogens with zero attached hydrogens (tertiary/aromatic N) is 2. The zero-order valence-corrected chi connectivity index (χ0v) is 12.7. The van der Waals surface area contributed by atoms with Crippen molar-refractivity contribution in [3.63, 3.8) is 0 Å². The van der Waals surface area contributed by atoms with Gasteiger partial charge in [-0.1, -0.05) is 40.5 Å². The van der Waals surface area contributed by atoms with Crippen LogP contribution in [-0.4, -0.2) is 30.5 Å². The molecule has 0 atom stereocenters. The Hall–Kier alpha value is -1.03. The van der Waals surface area contributed by atoms with E-state index in [-0.39, 0.29) is 5.41 Å². The number of guanidine groups is 1. The van der Waals surface area contributed by atoms with E-state index in [2.05, 4.69) is 50.1 Å². The average Bonchev–Trinajstić information content (AvgIpc) is 2.27. The molecule has 1 saturated heterocycles. The summed E-state index contributed by atoms with van der Waals surface area (Å²) >= 11 is 3.68. The van der Waals surface area contributed by atoms with E-state index in [0.29, 0.717) is 0 Å². The van der Waals surface area contributed by atoms with Gasteiger partial charge in [-0.05, 0) is 30.9 Å². The fourth-order valence-corrected chi connectivity index (χ4v) is 3.59. The van der Waals surface area contributed by atoms with Crippen LogP contribution in [0.25, 0.3) is 0 Å². The quantitative estimate of drug-likeness (QED) is 0.687. The molecule has 0 amide bonds. The molecule has 0 radical (unpaired) electrons. The number of benzene rings is 1. The first-order valence-corrected chi connectivity index (χ1v) is 7.80. The number of hydrogen-bond acceptors (Lipinski definition) is 1. The van der Waals surface area contributed by atoms with Crippen molar-refractivity contribution in [2.45, 2.75) is 31.1 Å². The molecule has 0 aromatic heterocycles. The van der Waals surface area contributed by atoms with Crippen LogP contribution in [0.5, 0.6) is 0 Å². The predicted molar refractivity (Wildman–Crippen MR) is 82.4 cm³/mol. The van der Waals surface area contributed by atoms with Crippen molar-refractivity contribution in [2.24, 2.45) is 10.7 Å². The van der Waals surface area contributed by atoms with Crippen LogP contribution in [0.2, 0.25) is 0 Å². The van der Waals surface area contributed by atoms with E-state index in [1.54, 1.807) is 0 Å². The molecule has 1 aromatic carbocycles. The summed E-state index contributed by atoms with van der Waals surface area (Å²) in [5.74, 6) is 0.726. The lowest BCUT2D eigenvalue weighted by atomic mass is 9.64. The summed E-state index contributed by atoms with van der Waals surface area (Å²) in [4.78, 5) is 6.82. The Morgan fingerprint density at radius 3 is 2.53 bits per heavy atom. The minimum atomic E-state index is 0.204. The van der Waals surface area contributed by atoms with Gasteiger partial charge in [0.25, 0.3) is 0 Å². The highest BCUT2D eigenvalue weighted by atomic mass is 79.9. The molecule has 1 aliphatic carbocycles. The Morgan fingerprint density at radius 1 is 1.26 bits per heavy atom. The molecule has 0 unspecified atom stereocenters. The minimum absolute atomic E-state index is 0.204. The van der Waals surface area contributed by atoms with Crippen LogP contribution in [0.4, 0.5) is 0 Å². The van der Waals surface area contributed by atoms with Crippen molar-refractivity contribution in [3.8, 4) is 0 Å². The maximum absolute atomic E-state index is 6.05. The lowest BCUT2D eigenvalue weighted by Gasteiger charge is -2.42. The summed E-state index contributed by atoms with van der Waals surface area (Å²) in [6.45, 7) is 2.95. The third kappa shape index (κ3) is 2.38. The lowest BCUT2D eigenvalue weighted by molar-refractivity contribution is 0.248. The van der Waals surface area contributed by atoms with Crippen LogP contribution in [0.1, 0.15) is 31.2 Å². The summed E-state index contributed by atoms with van der Waals surface area (Å²) < 4.78 is 1.20. The Bertz CT molecular complexity index is 490. The first kappa shape index (κ1) is 13.0. The van der Waals surface area contributed by atoms with Crippen molar-refractivity contribution >= 4 is 21.9 Å². The lowest BCUT2D eigenvalue weighted by Crippen LogP contribution is -2.47. The zero-order chi connectivity index (χ0) is 13.3.